The van der Waals surface area contributed by atoms with Crippen LogP contribution in [0.5, 0.6) is 5.88 Å². The molecule has 0 spiro atoms. The summed E-state index contributed by atoms with van der Waals surface area (Å²) in [6, 6.07) is 0. The summed E-state index contributed by atoms with van der Waals surface area (Å²) < 4.78 is 11.7. The van der Waals surface area contributed by atoms with Gasteiger partial charge in [-0.3, -0.25) is 4.99 Å². The fraction of sp³-hybridized carbons (Fsp3) is 0.722. The second kappa shape index (κ2) is 10.1. The first-order chi connectivity index (χ1) is 13.2. The molecule has 2 heterocycles. The third kappa shape index (κ3) is 5.93. The molecular weight excluding hydrogens is 412 g/mol. The molecule has 1 N–H and O–H groups in total. The molecule has 0 aromatic carbocycles. The Hall–Kier alpha value is -1.61. The molecule has 3 rings (SSSR count). The summed E-state index contributed by atoms with van der Waals surface area (Å²) in [6.07, 6.45) is 4.38. The van der Waals surface area contributed by atoms with Gasteiger partial charge in [-0.25, -0.2) is 4.98 Å². The van der Waals surface area contributed by atoms with E-state index in [2.05, 4.69) is 47.9 Å². The molecule has 0 amide bonds. The number of ether oxygens (including phenoxy) is 2. The Labute approximate surface area is 169 Å². The van der Waals surface area contributed by atoms with E-state index in [0.29, 0.717) is 25.0 Å². The molecule has 8 nitrogen and oxygen atoms in total. The van der Waals surface area contributed by atoms with Gasteiger partial charge in [0.25, 0.3) is 0 Å². The predicted molar refractivity (Wildman–Crippen MR) is 110 cm³/mol. The van der Waals surface area contributed by atoms with Gasteiger partial charge < -0.3 is 24.6 Å². The largest absolute Gasteiger partial charge is 0.480 e. The summed E-state index contributed by atoms with van der Waals surface area (Å²) in [5, 5.41) is 3.39. The van der Waals surface area contributed by atoms with E-state index in [1.54, 1.807) is 13.3 Å². The first-order valence-electron chi connectivity index (χ1n) is 9.63. The Bertz CT molecular complexity index is 632. The highest BCUT2D eigenvalue weighted by Crippen LogP contribution is 2.28. The second-order valence-electron chi connectivity index (χ2n) is 6.76. The highest BCUT2D eigenvalue weighted by molar-refractivity contribution is 9.10. The number of rotatable bonds is 8. The first kappa shape index (κ1) is 20.1. The molecule has 0 radical (unpaired) electrons. The molecule has 9 heteroatoms. The molecule has 1 saturated heterocycles. The van der Waals surface area contributed by atoms with Gasteiger partial charge in [0.2, 0.25) is 11.8 Å². The van der Waals surface area contributed by atoms with E-state index in [4.69, 9.17) is 14.5 Å². The zero-order valence-corrected chi connectivity index (χ0v) is 17.7. The van der Waals surface area contributed by atoms with Crippen molar-refractivity contribution in [3.05, 3.63) is 10.7 Å². The van der Waals surface area contributed by atoms with Gasteiger partial charge in [-0.1, -0.05) is 0 Å². The lowest BCUT2D eigenvalue weighted by Gasteiger charge is -2.36. The predicted octanol–water partition coefficient (Wildman–Crippen LogP) is 1.76. The molecule has 1 aliphatic heterocycles. The maximum atomic E-state index is 5.69. The summed E-state index contributed by atoms with van der Waals surface area (Å²) in [5.74, 6) is 3.02. The Balaban J connectivity index is 1.50. The topological polar surface area (TPSA) is 75.1 Å². The lowest BCUT2D eigenvalue weighted by Crippen LogP contribution is -2.53. The van der Waals surface area contributed by atoms with Gasteiger partial charge in [0.15, 0.2) is 5.96 Å². The highest BCUT2D eigenvalue weighted by Gasteiger charge is 2.23. The number of aromatic nitrogens is 2. The van der Waals surface area contributed by atoms with Gasteiger partial charge in [-0.15, -0.1) is 0 Å². The molecule has 2 fully saturated rings. The Kier molecular flexibility index (Phi) is 7.51. The maximum Gasteiger partial charge on any atom is 0.232 e. The van der Waals surface area contributed by atoms with Crippen molar-refractivity contribution < 1.29 is 9.47 Å². The summed E-state index contributed by atoms with van der Waals surface area (Å²) in [6.45, 7) is 8.65. The van der Waals surface area contributed by atoms with Crippen molar-refractivity contribution >= 4 is 27.8 Å². The van der Waals surface area contributed by atoms with Crippen molar-refractivity contribution in [1.29, 1.82) is 0 Å². The molecule has 1 saturated carbocycles. The number of piperazine rings is 1. The standard InChI is InChI=1S/C18H29BrN6O2/c1-3-20-17(21-6-11-27-13-14-4-5-14)24-7-9-25(10-8-24)18-22-12-15(19)16(23-18)26-2/h12,14H,3-11,13H2,1-2H3,(H,20,21). The summed E-state index contributed by atoms with van der Waals surface area (Å²) in [7, 11) is 1.61. The third-order valence-corrected chi connectivity index (χ3v) is 5.18. The SMILES string of the molecule is CCNC(=NCCOCC1CC1)N1CCN(c2ncc(Br)c(OC)n2)CC1. The highest BCUT2D eigenvalue weighted by atomic mass is 79.9. The van der Waals surface area contributed by atoms with Crippen LogP contribution in [0.2, 0.25) is 0 Å². The van der Waals surface area contributed by atoms with E-state index < -0.39 is 0 Å². The quantitative estimate of drug-likeness (QED) is 0.374. The van der Waals surface area contributed by atoms with Crippen LogP contribution in [-0.4, -0.2) is 80.4 Å². The van der Waals surface area contributed by atoms with Gasteiger partial charge in [-0.05, 0) is 41.6 Å². The number of guanidine groups is 1. The molecule has 2 aliphatic rings. The van der Waals surface area contributed by atoms with Crippen LogP contribution >= 0.6 is 15.9 Å². The third-order valence-electron chi connectivity index (χ3n) is 4.64. The number of aliphatic imine (C=N–C) groups is 1. The molecule has 1 aromatic heterocycles. The van der Waals surface area contributed by atoms with Crippen molar-refractivity contribution in [3.63, 3.8) is 0 Å². The van der Waals surface area contributed by atoms with Crippen LogP contribution in [-0.2, 0) is 4.74 Å². The van der Waals surface area contributed by atoms with E-state index in [1.807, 2.05) is 0 Å². The fourth-order valence-electron chi connectivity index (χ4n) is 2.93. The molecule has 0 unspecified atom stereocenters. The molecule has 1 aliphatic carbocycles. The van der Waals surface area contributed by atoms with Crippen molar-refractivity contribution in [3.8, 4) is 5.88 Å². The van der Waals surface area contributed by atoms with Gasteiger partial charge in [-0.2, -0.15) is 4.98 Å². The lowest BCUT2D eigenvalue weighted by molar-refractivity contribution is 0.131. The second-order valence-corrected chi connectivity index (χ2v) is 7.61. The minimum absolute atomic E-state index is 0.559. The number of halogens is 1. The minimum Gasteiger partial charge on any atom is -0.480 e. The average Bonchev–Trinajstić information content (AvgIpc) is 3.52. The Morgan fingerprint density at radius 1 is 1.33 bits per heavy atom. The summed E-state index contributed by atoms with van der Waals surface area (Å²) >= 11 is 3.40. The van der Waals surface area contributed by atoms with Gasteiger partial charge in [0.05, 0.1) is 30.9 Å². The van der Waals surface area contributed by atoms with Crippen molar-refractivity contribution in [2.24, 2.45) is 10.9 Å². The number of anilines is 1. The van der Waals surface area contributed by atoms with Crippen molar-refractivity contribution in [2.75, 3.05) is 64.5 Å². The van der Waals surface area contributed by atoms with Gasteiger partial charge in [0.1, 0.15) is 0 Å². The number of nitrogens with zero attached hydrogens (tertiary/aromatic N) is 5. The zero-order valence-electron chi connectivity index (χ0n) is 16.2. The summed E-state index contributed by atoms with van der Waals surface area (Å²) in [5.41, 5.74) is 0. The molecule has 150 valence electrons. The van der Waals surface area contributed by atoms with E-state index in [-0.39, 0.29) is 0 Å². The van der Waals surface area contributed by atoms with E-state index in [9.17, 15) is 0 Å². The molecule has 0 bridgehead atoms. The average molecular weight is 441 g/mol. The van der Waals surface area contributed by atoms with Gasteiger partial charge in [0, 0.05) is 39.3 Å². The van der Waals surface area contributed by atoms with E-state index >= 15 is 0 Å². The van der Waals surface area contributed by atoms with Gasteiger partial charge >= 0.3 is 0 Å². The maximum absolute atomic E-state index is 5.69. The number of hydrogen-bond donors (Lipinski definition) is 1. The number of nitrogens with one attached hydrogen (secondary N) is 1. The molecule has 0 atom stereocenters. The molecule has 27 heavy (non-hydrogen) atoms. The number of hydrogen-bond acceptors (Lipinski definition) is 6. The van der Waals surface area contributed by atoms with Crippen molar-refractivity contribution in [2.45, 2.75) is 19.8 Å². The van der Waals surface area contributed by atoms with Crippen molar-refractivity contribution in [1.82, 2.24) is 20.2 Å². The van der Waals surface area contributed by atoms with E-state index in [1.165, 1.54) is 12.8 Å². The van der Waals surface area contributed by atoms with Crippen LogP contribution in [0.3, 0.4) is 0 Å². The fourth-order valence-corrected chi connectivity index (χ4v) is 3.29. The van der Waals surface area contributed by atoms with Crippen LogP contribution < -0.4 is 15.0 Å². The van der Waals surface area contributed by atoms with Crippen LogP contribution in [0.15, 0.2) is 15.7 Å². The van der Waals surface area contributed by atoms with E-state index in [0.717, 1.165) is 55.7 Å². The molecule has 1 aromatic rings. The molecular formula is C18H29BrN6O2. The Morgan fingerprint density at radius 3 is 2.78 bits per heavy atom. The van der Waals surface area contributed by atoms with Crippen LogP contribution in [0.1, 0.15) is 19.8 Å². The Morgan fingerprint density at radius 2 is 2.11 bits per heavy atom. The smallest absolute Gasteiger partial charge is 0.232 e. The first-order valence-corrected chi connectivity index (χ1v) is 10.4. The lowest BCUT2D eigenvalue weighted by atomic mass is 10.3. The van der Waals surface area contributed by atoms with Crippen LogP contribution in [0.4, 0.5) is 5.95 Å². The van der Waals surface area contributed by atoms with Crippen LogP contribution in [0, 0.1) is 5.92 Å². The zero-order chi connectivity index (χ0) is 19.1. The minimum atomic E-state index is 0.559. The van der Waals surface area contributed by atoms with Crippen LogP contribution in [0.25, 0.3) is 0 Å². The number of methoxy groups -OCH3 is 1. The monoisotopic (exact) mass is 440 g/mol. The summed E-state index contributed by atoms with van der Waals surface area (Å²) in [4.78, 5) is 18.1. The normalized spacial score (nSPS) is 18.0.